The van der Waals surface area contributed by atoms with Crippen molar-refractivity contribution >= 4 is 11.0 Å². The first kappa shape index (κ1) is 30.9. The number of H-pyrrole nitrogens is 1. The predicted octanol–water partition coefficient (Wildman–Crippen LogP) is 5.18. The molecule has 1 aliphatic carbocycles. The van der Waals surface area contributed by atoms with Crippen molar-refractivity contribution < 1.29 is 17.9 Å². The number of ether oxygens (including phenoxy) is 1. The minimum atomic E-state index is -4.65. The summed E-state index contributed by atoms with van der Waals surface area (Å²) >= 11 is 0. The largest absolute Gasteiger partial charge is 0.474 e. The molecule has 1 aliphatic heterocycles. The first-order valence-electron chi connectivity index (χ1n) is 15.4. The highest BCUT2D eigenvalue weighted by Gasteiger charge is 2.48. The number of hydrogen-bond acceptors (Lipinski definition) is 9. The van der Waals surface area contributed by atoms with Crippen LogP contribution >= 0.6 is 0 Å². The van der Waals surface area contributed by atoms with E-state index >= 15 is 0 Å². The molecule has 238 valence electrons. The van der Waals surface area contributed by atoms with Gasteiger partial charge < -0.3 is 14.6 Å². The lowest BCUT2D eigenvalue weighted by molar-refractivity contribution is -0.145. The molecule has 0 aromatic carbocycles. The summed E-state index contributed by atoms with van der Waals surface area (Å²) in [6.45, 7) is 4.52. The number of fused-ring (bicyclic) bond motifs is 1. The van der Waals surface area contributed by atoms with E-state index in [1.165, 1.54) is 12.4 Å². The van der Waals surface area contributed by atoms with Crippen LogP contribution in [0, 0.1) is 11.3 Å². The molecule has 2 aliphatic rings. The lowest BCUT2D eigenvalue weighted by Crippen LogP contribution is -2.65. The molecule has 5 heterocycles. The van der Waals surface area contributed by atoms with E-state index in [0.29, 0.717) is 50.6 Å². The standard InChI is InChI=1S/C31H37F3N10O/c1-3-4-13-42(2)17-22-14-26(41-29(40-22)31(32,33)34)45-24-7-5-23(6-8-24)43-18-30(19-43,10-11-35)44-16-21(15-39-44)27-25-9-12-36-28(25)38-20-37-27/h9,12,14-16,20,23-24H,3-8,10,13,17-19H2,1-2H3,(H,36,37,38)/t23-,24+. The second kappa shape index (κ2) is 12.7. The van der Waals surface area contributed by atoms with Crippen molar-refractivity contribution in [3.63, 3.8) is 0 Å². The van der Waals surface area contributed by atoms with Gasteiger partial charge >= 0.3 is 6.18 Å². The van der Waals surface area contributed by atoms with Gasteiger partial charge in [-0.3, -0.25) is 9.58 Å². The molecule has 4 aromatic rings. The van der Waals surface area contributed by atoms with Crippen LogP contribution in [0.2, 0.25) is 0 Å². The zero-order valence-electron chi connectivity index (χ0n) is 25.5. The Bertz CT molecular complexity index is 1650. The highest BCUT2D eigenvalue weighted by molar-refractivity contribution is 5.90. The topological polar surface area (TPSA) is 125 Å². The van der Waals surface area contributed by atoms with Crippen LogP contribution in [0.3, 0.4) is 0 Å². The molecule has 14 heteroatoms. The maximum atomic E-state index is 13.6. The van der Waals surface area contributed by atoms with Crippen LogP contribution in [-0.4, -0.2) is 83.3 Å². The second-order valence-corrected chi connectivity index (χ2v) is 12.3. The summed E-state index contributed by atoms with van der Waals surface area (Å²) in [5, 5.41) is 15.2. The summed E-state index contributed by atoms with van der Waals surface area (Å²) < 4.78 is 48.7. The van der Waals surface area contributed by atoms with E-state index in [9.17, 15) is 18.4 Å². The van der Waals surface area contributed by atoms with E-state index in [1.54, 1.807) is 6.20 Å². The van der Waals surface area contributed by atoms with Crippen LogP contribution in [0.15, 0.2) is 37.1 Å². The summed E-state index contributed by atoms with van der Waals surface area (Å²) in [4.78, 5) is 23.7. The summed E-state index contributed by atoms with van der Waals surface area (Å²) in [6.07, 6.45) is 7.59. The Labute approximate surface area is 259 Å². The van der Waals surface area contributed by atoms with E-state index in [1.807, 2.05) is 35.1 Å². The molecular weight excluding hydrogens is 585 g/mol. The van der Waals surface area contributed by atoms with Gasteiger partial charge in [-0.1, -0.05) is 13.3 Å². The Hall–Kier alpha value is -4.09. The molecule has 45 heavy (non-hydrogen) atoms. The van der Waals surface area contributed by atoms with E-state index in [-0.39, 0.29) is 12.0 Å². The quantitative estimate of drug-likeness (QED) is 0.241. The predicted molar refractivity (Wildman–Crippen MR) is 160 cm³/mol. The van der Waals surface area contributed by atoms with Crippen molar-refractivity contribution in [2.45, 2.75) is 82.3 Å². The Morgan fingerprint density at radius 2 is 1.98 bits per heavy atom. The molecule has 6 rings (SSSR count). The molecule has 1 N–H and O–H groups in total. The van der Waals surface area contributed by atoms with E-state index in [0.717, 1.165) is 54.5 Å². The van der Waals surface area contributed by atoms with Crippen molar-refractivity contribution in [1.82, 2.24) is 44.5 Å². The lowest BCUT2D eigenvalue weighted by atomic mass is 9.82. The molecule has 4 aromatic heterocycles. The summed E-state index contributed by atoms with van der Waals surface area (Å²) in [6, 6.07) is 6.12. The summed E-state index contributed by atoms with van der Waals surface area (Å²) in [7, 11) is 1.87. The number of nitrogens with one attached hydrogen (secondary N) is 1. The number of unbranched alkanes of at least 4 members (excludes halogenated alkanes) is 1. The third-order valence-corrected chi connectivity index (χ3v) is 8.88. The number of hydrogen-bond donors (Lipinski definition) is 1. The van der Waals surface area contributed by atoms with Crippen LogP contribution in [0.25, 0.3) is 22.3 Å². The number of halogens is 3. The van der Waals surface area contributed by atoms with Crippen molar-refractivity contribution in [2.75, 3.05) is 26.7 Å². The monoisotopic (exact) mass is 622 g/mol. The van der Waals surface area contributed by atoms with Crippen LogP contribution in [0.1, 0.15) is 63.4 Å². The Morgan fingerprint density at radius 1 is 1.18 bits per heavy atom. The third-order valence-electron chi connectivity index (χ3n) is 8.88. The lowest BCUT2D eigenvalue weighted by Gasteiger charge is -2.53. The van der Waals surface area contributed by atoms with Gasteiger partial charge in [0.1, 0.15) is 23.6 Å². The van der Waals surface area contributed by atoms with E-state index in [4.69, 9.17) is 4.74 Å². The van der Waals surface area contributed by atoms with Crippen LogP contribution in [-0.2, 0) is 18.3 Å². The number of aromatic amines is 1. The Morgan fingerprint density at radius 3 is 2.71 bits per heavy atom. The maximum Gasteiger partial charge on any atom is 0.451 e. The highest BCUT2D eigenvalue weighted by atomic mass is 19.4. The average molecular weight is 623 g/mol. The van der Waals surface area contributed by atoms with Gasteiger partial charge in [-0.25, -0.2) is 15.0 Å². The van der Waals surface area contributed by atoms with Crippen LogP contribution in [0.4, 0.5) is 13.2 Å². The number of nitrogens with zero attached hydrogens (tertiary/aromatic N) is 9. The van der Waals surface area contributed by atoms with Gasteiger partial charge in [-0.2, -0.15) is 28.5 Å². The zero-order chi connectivity index (χ0) is 31.6. The van der Waals surface area contributed by atoms with Gasteiger partial charge in [0.2, 0.25) is 11.7 Å². The Balaban J connectivity index is 1.08. The molecule has 0 spiro atoms. The number of alkyl halides is 3. The number of rotatable bonds is 11. The molecule has 0 radical (unpaired) electrons. The van der Waals surface area contributed by atoms with Gasteiger partial charge in [0.25, 0.3) is 0 Å². The van der Waals surface area contributed by atoms with Gasteiger partial charge in [0.05, 0.1) is 30.1 Å². The summed E-state index contributed by atoms with van der Waals surface area (Å²) in [5.74, 6) is -1.19. The molecule has 2 fully saturated rings. The minimum absolute atomic E-state index is 0.0215. The van der Waals surface area contributed by atoms with Gasteiger partial charge in [-0.05, 0) is 51.8 Å². The Kier molecular flexibility index (Phi) is 8.74. The normalized spacial score (nSPS) is 20.3. The molecule has 1 saturated heterocycles. The van der Waals surface area contributed by atoms with E-state index < -0.39 is 17.5 Å². The van der Waals surface area contributed by atoms with Gasteiger partial charge in [0, 0.05) is 55.1 Å². The second-order valence-electron chi connectivity index (χ2n) is 12.3. The van der Waals surface area contributed by atoms with Gasteiger partial charge in [0.15, 0.2) is 0 Å². The fourth-order valence-electron chi connectivity index (χ4n) is 6.48. The van der Waals surface area contributed by atoms with Crippen LogP contribution in [0.5, 0.6) is 5.88 Å². The smallest absolute Gasteiger partial charge is 0.451 e. The van der Waals surface area contributed by atoms with Crippen LogP contribution < -0.4 is 4.74 Å². The molecule has 0 amide bonds. The number of likely N-dealkylation sites (tertiary alicyclic amines) is 1. The van der Waals surface area contributed by atoms with Crippen molar-refractivity contribution in [3.8, 4) is 23.2 Å². The molecular formula is C31H37F3N10O. The molecule has 0 unspecified atom stereocenters. The molecule has 0 atom stereocenters. The molecule has 0 bridgehead atoms. The first-order valence-corrected chi connectivity index (χ1v) is 15.4. The number of aromatic nitrogens is 7. The minimum Gasteiger partial charge on any atom is -0.474 e. The fourth-order valence-corrected chi connectivity index (χ4v) is 6.48. The summed E-state index contributed by atoms with van der Waals surface area (Å²) in [5.41, 5.74) is 2.28. The van der Waals surface area contributed by atoms with Gasteiger partial charge in [-0.15, -0.1) is 0 Å². The van der Waals surface area contributed by atoms with Crippen molar-refractivity contribution in [3.05, 3.63) is 48.6 Å². The maximum absolute atomic E-state index is 13.6. The molecule has 1 saturated carbocycles. The zero-order valence-corrected chi connectivity index (χ0v) is 25.5. The van der Waals surface area contributed by atoms with Crippen molar-refractivity contribution in [1.29, 1.82) is 5.26 Å². The van der Waals surface area contributed by atoms with Crippen molar-refractivity contribution in [2.24, 2.45) is 0 Å². The third kappa shape index (κ3) is 6.64. The SMILES string of the molecule is CCCCN(C)Cc1cc(O[C@H]2CC[C@@H](N3CC(CC#N)(n4cc(-c5ncnc6[nH]ccc56)cn4)C3)CC2)nc(C(F)(F)F)n1. The first-order chi connectivity index (χ1) is 21.7. The van der Waals surface area contributed by atoms with E-state index in [2.05, 4.69) is 47.9 Å². The average Bonchev–Trinajstić information content (AvgIpc) is 3.68. The highest BCUT2D eigenvalue weighted by Crippen LogP contribution is 2.39. The fraction of sp³-hybridized carbons (Fsp3) is 0.548. The number of nitriles is 1. The molecule has 11 nitrogen and oxygen atoms in total.